The predicted octanol–water partition coefficient (Wildman–Crippen LogP) is 4.45. The number of amides is 1. The van der Waals surface area contributed by atoms with Gasteiger partial charge in [-0.2, -0.15) is 0 Å². The molecule has 0 aliphatic heterocycles. The Labute approximate surface area is 190 Å². The van der Waals surface area contributed by atoms with E-state index >= 15 is 0 Å². The lowest BCUT2D eigenvalue weighted by molar-refractivity contribution is 0.0940. The van der Waals surface area contributed by atoms with Crippen LogP contribution in [-0.4, -0.2) is 47.3 Å². The first-order valence-electron chi connectivity index (χ1n) is 11.5. The van der Waals surface area contributed by atoms with Gasteiger partial charge in [0.15, 0.2) is 0 Å². The van der Waals surface area contributed by atoms with Crippen LogP contribution in [0.2, 0.25) is 0 Å². The topological polar surface area (TPSA) is 78.3 Å². The van der Waals surface area contributed by atoms with Gasteiger partial charge in [-0.3, -0.25) is 4.79 Å². The third-order valence-electron chi connectivity index (χ3n) is 5.42. The first kappa shape index (κ1) is 23.7. The van der Waals surface area contributed by atoms with Gasteiger partial charge in [-0.1, -0.05) is 18.6 Å². The van der Waals surface area contributed by atoms with Crippen molar-refractivity contribution in [1.82, 2.24) is 20.3 Å². The SMILES string of the molecule is CCCCOCCCNC(=O)c1ccc(OCCCn2nnc3cc(C)c(C)cc32)cc1. The number of benzene rings is 2. The van der Waals surface area contributed by atoms with Gasteiger partial charge in [-0.25, -0.2) is 4.68 Å². The molecule has 32 heavy (non-hydrogen) atoms. The van der Waals surface area contributed by atoms with Gasteiger partial charge in [-0.05, 0) is 74.2 Å². The molecule has 0 fully saturated rings. The van der Waals surface area contributed by atoms with Gasteiger partial charge in [0.25, 0.3) is 5.91 Å². The van der Waals surface area contributed by atoms with Crippen LogP contribution in [0.4, 0.5) is 0 Å². The van der Waals surface area contributed by atoms with E-state index in [4.69, 9.17) is 9.47 Å². The fourth-order valence-electron chi connectivity index (χ4n) is 3.32. The maximum absolute atomic E-state index is 12.2. The van der Waals surface area contributed by atoms with E-state index in [2.05, 4.69) is 48.5 Å². The lowest BCUT2D eigenvalue weighted by Gasteiger charge is -2.09. The number of hydrogen-bond acceptors (Lipinski definition) is 5. The van der Waals surface area contributed by atoms with E-state index in [9.17, 15) is 4.79 Å². The van der Waals surface area contributed by atoms with Crippen molar-refractivity contribution in [3.05, 3.63) is 53.1 Å². The van der Waals surface area contributed by atoms with E-state index in [-0.39, 0.29) is 5.91 Å². The molecule has 7 heteroatoms. The van der Waals surface area contributed by atoms with E-state index in [1.807, 2.05) is 16.8 Å². The number of fused-ring (bicyclic) bond motifs is 1. The Morgan fingerprint density at radius 2 is 1.75 bits per heavy atom. The predicted molar refractivity (Wildman–Crippen MR) is 126 cm³/mol. The average Bonchev–Trinajstić information content (AvgIpc) is 3.18. The fourth-order valence-corrected chi connectivity index (χ4v) is 3.32. The smallest absolute Gasteiger partial charge is 0.251 e. The molecule has 0 aliphatic rings. The van der Waals surface area contributed by atoms with Crippen molar-refractivity contribution in [3.63, 3.8) is 0 Å². The Kier molecular flexibility index (Phi) is 9.04. The first-order valence-corrected chi connectivity index (χ1v) is 11.5. The second kappa shape index (κ2) is 12.2. The Bertz CT molecular complexity index is 998. The Morgan fingerprint density at radius 3 is 2.53 bits per heavy atom. The summed E-state index contributed by atoms with van der Waals surface area (Å²) in [7, 11) is 0. The molecule has 2 aromatic carbocycles. The fraction of sp³-hybridized carbons (Fsp3) is 0.480. The van der Waals surface area contributed by atoms with Crippen molar-refractivity contribution in [3.8, 4) is 5.75 Å². The second-order valence-electron chi connectivity index (χ2n) is 8.04. The molecule has 1 aromatic heterocycles. The minimum Gasteiger partial charge on any atom is -0.494 e. The molecule has 0 bridgehead atoms. The maximum atomic E-state index is 12.2. The molecule has 1 N–H and O–H groups in total. The van der Waals surface area contributed by atoms with Gasteiger partial charge in [0.2, 0.25) is 0 Å². The standard InChI is InChI=1S/C25H34N4O3/c1-4-5-14-31-15-6-12-26-25(30)21-8-10-22(11-9-21)32-16-7-13-29-24-18-20(3)19(2)17-23(24)27-28-29/h8-11,17-18H,4-7,12-16H2,1-3H3,(H,26,30). The van der Waals surface area contributed by atoms with Gasteiger partial charge in [0.1, 0.15) is 11.3 Å². The van der Waals surface area contributed by atoms with E-state index in [1.54, 1.807) is 12.1 Å². The normalized spacial score (nSPS) is 11.1. The van der Waals surface area contributed by atoms with Gasteiger partial charge >= 0.3 is 0 Å². The maximum Gasteiger partial charge on any atom is 0.251 e. The summed E-state index contributed by atoms with van der Waals surface area (Å²) in [5, 5.41) is 11.4. The third kappa shape index (κ3) is 6.79. The highest BCUT2D eigenvalue weighted by Gasteiger charge is 2.07. The van der Waals surface area contributed by atoms with Crippen molar-refractivity contribution in [1.29, 1.82) is 0 Å². The number of aromatic nitrogens is 3. The summed E-state index contributed by atoms with van der Waals surface area (Å²) < 4.78 is 13.3. The summed E-state index contributed by atoms with van der Waals surface area (Å²) in [5.41, 5.74) is 5.06. The number of aryl methyl sites for hydroxylation is 3. The number of unbranched alkanes of at least 4 members (excludes halogenated alkanes) is 1. The van der Waals surface area contributed by atoms with Gasteiger partial charge in [0.05, 0.1) is 12.1 Å². The quantitative estimate of drug-likeness (QED) is 0.399. The lowest BCUT2D eigenvalue weighted by Crippen LogP contribution is -2.25. The Balaban J connectivity index is 1.37. The molecule has 7 nitrogen and oxygen atoms in total. The van der Waals surface area contributed by atoms with Crippen LogP contribution in [0.1, 0.15) is 54.1 Å². The number of ether oxygens (including phenoxy) is 2. The molecular weight excluding hydrogens is 404 g/mol. The zero-order chi connectivity index (χ0) is 22.8. The number of carbonyl (C=O) groups is 1. The van der Waals surface area contributed by atoms with Crippen molar-refractivity contribution in [2.45, 2.75) is 53.0 Å². The number of nitrogens with zero attached hydrogens (tertiary/aromatic N) is 3. The number of carbonyl (C=O) groups excluding carboxylic acids is 1. The summed E-state index contributed by atoms with van der Waals surface area (Å²) in [6.45, 7) is 9.71. The monoisotopic (exact) mass is 438 g/mol. The van der Waals surface area contributed by atoms with E-state index in [0.717, 1.165) is 55.6 Å². The molecule has 0 radical (unpaired) electrons. The van der Waals surface area contributed by atoms with Crippen LogP contribution in [0.3, 0.4) is 0 Å². The molecule has 0 aliphatic carbocycles. The summed E-state index contributed by atoms with van der Waals surface area (Å²) in [6, 6.07) is 11.5. The van der Waals surface area contributed by atoms with Crippen molar-refractivity contribution >= 4 is 16.9 Å². The molecule has 172 valence electrons. The summed E-state index contributed by atoms with van der Waals surface area (Å²) in [5.74, 6) is 0.675. The minimum absolute atomic E-state index is 0.0753. The van der Waals surface area contributed by atoms with Crippen LogP contribution >= 0.6 is 0 Å². The highest BCUT2D eigenvalue weighted by molar-refractivity contribution is 5.94. The van der Waals surface area contributed by atoms with Crippen LogP contribution in [0, 0.1) is 13.8 Å². The molecule has 3 rings (SSSR count). The lowest BCUT2D eigenvalue weighted by atomic mass is 10.1. The third-order valence-corrected chi connectivity index (χ3v) is 5.42. The average molecular weight is 439 g/mol. The molecule has 0 unspecified atom stereocenters. The molecule has 0 spiro atoms. The second-order valence-corrected chi connectivity index (χ2v) is 8.04. The van der Waals surface area contributed by atoms with Crippen LogP contribution < -0.4 is 10.1 Å². The summed E-state index contributed by atoms with van der Waals surface area (Å²) >= 11 is 0. The molecule has 1 heterocycles. The van der Waals surface area contributed by atoms with Crippen molar-refractivity contribution < 1.29 is 14.3 Å². The zero-order valence-electron chi connectivity index (χ0n) is 19.4. The van der Waals surface area contributed by atoms with Crippen molar-refractivity contribution in [2.75, 3.05) is 26.4 Å². The highest BCUT2D eigenvalue weighted by Crippen LogP contribution is 2.18. The number of rotatable bonds is 13. The van der Waals surface area contributed by atoms with Crippen LogP contribution in [0.15, 0.2) is 36.4 Å². The van der Waals surface area contributed by atoms with Gasteiger partial charge in [0, 0.05) is 38.3 Å². The van der Waals surface area contributed by atoms with E-state index in [1.165, 1.54) is 11.1 Å². The minimum atomic E-state index is -0.0753. The highest BCUT2D eigenvalue weighted by atomic mass is 16.5. The summed E-state index contributed by atoms with van der Waals surface area (Å²) in [4.78, 5) is 12.2. The Hall–Kier alpha value is -2.93. The molecule has 0 saturated carbocycles. The molecule has 0 atom stereocenters. The number of nitrogens with one attached hydrogen (secondary N) is 1. The summed E-state index contributed by atoms with van der Waals surface area (Å²) in [6.07, 6.45) is 3.84. The van der Waals surface area contributed by atoms with Crippen LogP contribution in [0.5, 0.6) is 5.75 Å². The van der Waals surface area contributed by atoms with E-state index < -0.39 is 0 Å². The molecule has 1 amide bonds. The van der Waals surface area contributed by atoms with Gasteiger partial charge in [-0.15, -0.1) is 5.10 Å². The Morgan fingerprint density at radius 1 is 1.00 bits per heavy atom. The number of hydrogen-bond donors (Lipinski definition) is 1. The van der Waals surface area contributed by atoms with Crippen molar-refractivity contribution in [2.24, 2.45) is 0 Å². The van der Waals surface area contributed by atoms with E-state index in [0.29, 0.717) is 25.3 Å². The molecule has 0 saturated heterocycles. The van der Waals surface area contributed by atoms with Crippen LogP contribution in [0.25, 0.3) is 11.0 Å². The van der Waals surface area contributed by atoms with Crippen LogP contribution in [-0.2, 0) is 11.3 Å². The largest absolute Gasteiger partial charge is 0.494 e. The van der Waals surface area contributed by atoms with Gasteiger partial charge < -0.3 is 14.8 Å². The molecular formula is C25H34N4O3. The zero-order valence-corrected chi connectivity index (χ0v) is 19.4. The molecule has 3 aromatic rings. The first-order chi connectivity index (χ1) is 15.6.